The van der Waals surface area contributed by atoms with Crippen molar-refractivity contribution in [3.63, 3.8) is 0 Å². The zero-order valence-corrected chi connectivity index (χ0v) is 13.0. The van der Waals surface area contributed by atoms with Crippen LogP contribution in [0, 0.1) is 0 Å². The van der Waals surface area contributed by atoms with Crippen LogP contribution in [0.25, 0.3) is 10.4 Å². The molecule has 0 N–H and O–H groups in total. The molecule has 0 fully saturated rings. The minimum Gasteiger partial charge on any atom is -0.293 e. The summed E-state index contributed by atoms with van der Waals surface area (Å²) in [6.07, 6.45) is 1.49. The summed E-state index contributed by atoms with van der Waals surface area (Å²) < 4.78 is 0.878. The number of carbonyl (C=O) groups is 1. The highest BCUT2D eigenvalue weighted by molar-refractivity contribution is 9.10. The Kier molecular flexibility index (Phi) is 4.60. The van der Waals surface area contributed by atoms with E-state index in [1.807, 2.05) is 37.3 Å². The molecule has 1 heterocycles. The van der Waals surface area contributed by atoms with E-state index >= 15 is 0 Å². The minimum atomic E-state index is 0.215. The van der Waals surface area contributed by atoms with Crippen LogP contribution >= 0.6 is 38.9 Å². The second-order valence-electron chi connectivity index (χ2n) is 3.94. The van der Waals surface area contributed by atoms with Gasteiger partial charge in [0.05, 0.1) is 9.90 Å². The topological polar surface area (TPSA) is 17.1 Å². The molecule has 0 aliphatic rings. The second kappa shape index (κ2) is 6.00. The molecule has 0 spiro atoms. The lowest BCUT2D eigenvalue weighted by molar-refractivity contribution is 0.0985. The van der Waals surface area contributed by atoms with Crippen molar-refractivity contribution in [2.75, 3.05) is 0 Å². The average Bonchev–Trinajstić information content (AvgIpc) is 2.82. The van der Waals surface area contributed by atoms with Crippen molar-refractivity contribution in [1.29, 1.82) is 0 Å². The Hall–Kier alpha value is -0.640. The van der Waals surface area contributed by atoms with Gasteiger partial charge < -0.3 is 0 Å². The molecule has 0 radical (unpaired) electrons. The van der Waals surface area contributed by atoms with Gasteiger partial charge in [0.1, 0.15) is 0 Å². The summed E-state index contributed by atoms with van der Waals surface area (Å²) in [7, 11) is 0. The minimum absolute atomic E-state index is 0.215. The number of benzene rings is 1. The molecule has 2 rings (SSSR count). The summed E-state index contributed by atoms with van der Waals surface area (Å²) in [6.45, 7) is 2.01. The van der Waals surface area contributed by atoms with Crippen LogP contribution in [-0.2, 0) is 0 Å². The van der Waals surface area contributed by atoms with E-state index in [2.05, 4.69) is 15.9 Å². The van der Waals surface area contributed by atoms with Crippen LogP contribution in [0.2, 0.25) is 5.02 Å². The maximum Gasteiger partial charge on any atom is 0.172 e. The highest BCUT2D eigenvalue weighted by Gasteiger charge is 2.12. The number of hydrogen-bond donors (Lipinski definition) is 0. The summed E-state index contributed by atoms with van der Waals surface area (Å²) in [6, 6.07) is 9.62. The van der Waals surface area contributed by atoms with Crippen LogP contribution in [0.1, 0.15) is 29.4 Å². The maximum atomic E-state index is 11.8. The molecule has 0 atom stereocenters. The van der Waals surface area contributed by atoms with E-state index in [1.165, 1.54) is 11.3 Å². The highest BCUT2D eigenvalue weighted by atomic mass is 79.9. The SMILES string of the molecule is CCCC(=O)c1ccc(-c2cccc(Cl)c2Br)s1. The van der Waals surface area contributed by atoms with E-state index in [-0.39, 0.29) is 5.78 Å². The molecule has 1 aromatic heterocycles. The third kappa shape index (κ3) is 2.85. The van der Waals surface area contributed by atoms with Gasteiger partial charge in [-0.3, -0.25) is 4.79 Å². The maximum absolute atomic E-state index is 11.8. The van der Waals surface area contributed by atoms with Crippen LogP contribution in [0.15, 0.2) is 34.8 Å². The molecule has 1 aromatic carbocycles. The largest absolute Gasteiger partial charge is 0.293 e. The Bertz CT molecular complexity index is 577. The fourth-order valence-corrected chi connectivity index (χ4v) is 3.47. The highest BCUT2D eigenvalue weighted by Crippen LogP contribution is 2.37. The zero-order valence-electron chi connectivity index (χ0n) is 9.87. The van der Waals surface area contributed by atoms with Gasteiger partial charge >= 0.3 is 0 Å². The molecule has 0 bridgehead atoms. The predicted octanol–water partition coefficient (Wildman–Crippen LogP) is 5.81. The number of ketones is 1. The molecule has 4 heteroatoms. The Morgan fingerprint density at radius 3 is 2.83 bits per heavy atom. The van der Waals surface area contributed by atoms with Crippen molar-refractivity contribution in [2.45, 2.75) is 19.8 Å². The molecule has 0 unspecified atom stereocenters. The molecular formula is C14H12BrClOS. The summed E-state index contributed by atoms with van der Waals surface area (Å²) >= 11 is 11.1. The zero-order chi connectivity index (χ0) is 13.1. The van der Waals surface area contributed by atoms with E-state index in [0.717, 1.165) is 26.2 Å². The van der Waals surface area contributed by atoms with Crippen LogP contribution in [-0.4, -0.2) is 5.78 Å². The van der Waals surface area contributed by atoms with E-state index < -0.39 is 0 Å². The number of Topliss-reactive ketones (excluding diaryl/α,β-unsaturated/α-hetero) is 1. The molecule has 0 aliphatic carbocycles. The van der Waals surface area contributed by atoms with Gasteiger partial charge in [-0.15, -0.1) is 11.3 Å². The van der Waals surface area contributed by atoms with Gasteiger partial charge in [0.2, 0.25) is 0 Å². The molecular weight excluding hydrogens is 332 g/mol. The molecule has 94 valence electrons. The normalized spacial score (nSPS) is 10.6. The summed E-state index contributed by atoms with van der Waals surface area (Å²) in [5.41, 5.74) is 1.03. The van der Waals surface area contributed by atoms with Crippen LogP contribution in [0.4, 0.5) is 0 Å². The van der Waals surface area contributed by atoms with Crippen molar-refractivity contribution < 1.29 is 4.79 Å². The third-order valence-electron chi connectivity index (χ3n) is 2.57. The van der Waals surface area contributed by atoms with Crippen LogP contribution in [0.5, 0.6) is 0 Å². The van der Waals surface area contributed by atoms with E-state index in [4.69, 9.17) is 11.6 Å². The quantitative estimate of drug-likeness (QED) is 0.640. The van der Waals surface area contributed by atoms with Crippen LogP contribution in [0.3, 0.4) is 0 Å². The molecule has 0 saturated heterocycles. The van der Waals surface area contributed by atoms with Crippen LogP contribution < -0.4 is 0 Å². The number of carbonyl (C=O) groups excluding carboxylic acids is 1. The van der Waals surface area contributed by atoms with E-state index in [9.17, 15) is 4.79 Å². The van der Waals surface area contributed by atoms with Gasteiger partial charge in [0.15, 0.2) is 5.78 Å². The smallest absolute Gasteiger partial charge is 0.172 e. The van der Waals surface area contributed by atoms with Gasteiger partial charge in [-0.2, -0.15) is 0 Å². The lowest BCUT2D eigenvalue weighted by atomic mass is 10.2. The Morgan fingerprint density at radius 1 is 1.33 bits per heavy atom. The van der Waals surface area contributed by atoms with E-state index in [1.54, 1.807) is 0 Å². The standard InChI is InChI=1S/C14H12BrClOS/c1-2-4-11(17)13-8-7-12(18-13)9-5-3-6-10(16)14(9)15/h3,5-8H,2,4H2,1H3. The number of halogens is 2. The van der Waals surface area contributed by atoms with Crippen molar-refractivity contribution in [2.24, 2.45) is 0 Å². The Labute approximate surface area is 124 Å². The summed E-state index contributed by atoms with van der Waals surface area (Å²) in [4.78, 5) is 13.7. The number of hydrogen-bond acceptors (Lipinski definition) is 2. The van der Waals surface area contributed by atoms with Gasteiger partial charge in [0, 0.05) is 21.3 Å². The van der Waals surface area contributed by atoms with Gasteiger partial charge in [-0.25, -0.2) is 0 Å². The van der Waals surface area contributed by atoms with Gasteiger partial charge in [-0.05, 0) is 40.5 Å². The summed E-state index contributed by atoms with van der Waals surface area (Å²) in [5.74, 6) is 0.215. The molecule has 18 heavy (non-hydrogen) atoms. The third-order valence-corrected chi connectivity index (χ3v) is 5.13. The molecule has 2 aromatic rings. The van der Waals surface area contributed by atoms with Crippen molar-refractivity contribution in [3.05, 3.63) is 44.7 Å². The first kappa shape index (κ1) is 13.8. The first-order valence-corrected chi connectivity index (χ1v) is 7.69. The Balaban J connectivity index is 2.35. The Morgan fingerprint density at radius 2 is 2.11 bits per heavy atom. The molecule has 1 nitrogen and oxygen atoms in total. The fourth-order valence-electron chi connectivity index (χ4n) is 1.68. The van der Waals surface area contributed by atoms with Gasteiger partial charge in [-0.1, -0.05) is 30.7 Å². The average molecular weight is 344 g/mol. The first-order chi connectivity index (χ1) is 8.63. The molecule has 0 amide bonds. The summed E-state index contributed by atoms with van der Waals surface area (Å²) in [5, 5.41) is 0.683. The fraction of sp³-hybridized carbons (Fsp3) is 0.214. The number of thiophene rings is 1. The molecule has 0 aliphatic heterocycles. The predicted molar refractivity (Wildman–Crippen MR) is 81.7 cm³/mol. The van der Waals surface area contributed by atoms with Crippen molar-refractivity contribution >= 4 is 44.7 Å². The monoisotopic (exact) mass is 342 g/mol. The van der Waals surface area contributed by atoms with Gasteiger partial charge in [0.25, 0.3) is 0 Å². The number of rotatable bonds is 4. The first-order valence-electron chi connectivity index (χ1n) is 5.71. The van der Waals surface area contributed by atoms with E-state index in [0.29, 0.717) is 11.4 Å². The molecule has 0 saturated carbocycles. The lowest BCUT2D eigenvalue weighted by Crippen LogP contribution is -1.93. The van der Waals surface area contributed by atoms with Crippen molar-refractivity contribution in [3.8, 4) is 10.4 Å². The lowest BCUT2D eigenvalue weighted by Gasteiger charge is -2.02. The van der Waals surface area contributed by atoms with Crippen molar-refractivity contribution in [1.82, 2.24) is 0 Å². The second-order valence-corrected chi connectivity index (χ2v) is 6.22.